The predicted octanol–water partition coefficient (Wildman–Crippen LogP) is 1.77. The number of nitrogens with one attached hydrogen (secondary N) is 2. The average Bonchev–Trinajstić information content (AvgIpc) is 2.35. The van der Waals surface area contributed by atoms with Gasteiger partial charge in [-0.05, 0) is 23.1 Å². The van der Waals surface area contributed by atoms with Gasteiger partial charge in [0.1, 0.15) is 0 Å². The van der Waals surface area contributed by atoms with Crippen LogP contribution in [0.25, 0.3) is 0 Å². The minimum Gasteiger partial charge on any atom is -0.481 e. The Morgan fingerprint density at radius 1 is 1.30 bits per heavy atom. The van der Waals surface area contributed by atoms with Crippen LogP contribution in [0.5, 0.6) is 0 Å². The van der Waals surface area contributed by atoms with E-state index in [4.69, 9.17) is 5.11 Å². The van der Waals surface area contributed by atoms with Crippen molar-refractivity contribution in [2.75, 3.05) is 0 Å². The molecule has 1 aromatic rings. The summed E-state index contributed by atoms with van der Waals surface area (Å²) in [5, 5.41) is 14.3. The van der Waals surface area contributed by atoms with Gasteiger partial charge in [0.2, 0.25) is 0 Å². The third-order valence-electron chi connectivity index (χ3n) is 2.93. The molecule has 2 amide bonds. The summed E-state index contributed by atoms with van der Waals surface area (Å²) in [6.45, 7) is 6.05. The normalized spacial score (nSPS) is 12.6. The van der Waals surface area contributed by atoms with Crippen LogP contribution in [0.1, 0.15) is 32.8 Å². The van der Waals surface area contributed by atoms with Gasteiger partial charge in [0.05, 0.1) is 6.42 Å². The maximum Gasteiger partial charge on any atom is 0.315 e. The molecule has 1 rings (SSSR count). The molecule has 0 aromatic carbocycles. The van der Waals surface area contributed by atoms with Gasteiger partial charge in [0, 0.05) is 25.0 Å². The number of rotatable bonds is 5. The van der Waals surface area contributed by atoms with E-state index < -0.39 is 12.0 Å². The number of aromatic nitrogens is 1. The van der Waals surface area contributed by atoms with E-state index in [2.05, 4.69) is 15.6 Å². The maximum atomic E-state index is 11.8. The van der Waals surface area contributed by atoms with Crippen molar-refractivity contribution >= 4 is 12.0 Å². The van der Waals surface area contributed by atoms with E-state index in [0.717, 1.165) is 5.56 Å². The standard InChI is InChI=1S/C14H21N3O3/c1-14(2,3)11(8-12(18)19)17-13(20)16-9-10-4-6-15-7-5-10/h4-7,11H,8-9H2,1-3H3,(H,18,19)(H2,16,17,20). The fourth-order valence-corrected chi connectivity index (χ4v) is 1.64. The summed E-state index contributed by atoms with van der Waals surface area (Å²) >= 11 is 0. The van der Waals surface area contributed by atoms with Crippen molar-refractivity contribution in [2.45, 2.75) is 39.8 Å². The number of urea groups is 1. The summed E-state index contributed by atoms with van der Waals surface area (Å²) in [4.78, 5) is 26.6. The molecule has 1 unspecified atom stereocenters. The lowest BCUT2D eigenvalue weighted by Gasteiger charge is -2.30. The van der Waals surface area contributed by atoms with Crippen molar-refractivity contribution in [3.05, 3.63) is 30.1 Å². The van der Waals surface area contributed by atoms with Crippen LogP contribution in [0.15, 0.2) is 24.5 Å². The molecule has 0 saturated carbocycles. The monoisotopic (exact) mass is 279 g/mol. The van der Waals surface area contributed by atoms with E-state index in [1.54, 1.807) is 24.5 Å². The van der Waals surface area contributed by atoms with Crippen LogP contribution in [-0.2, 0) is 11.3 Å². The first kappa shape index (κ1) is 15.9. The Balaban J connectivity index is 2.52. The smallest absolute Gasteiger partial charge is 0.315 e. The Labute approximate surface area is 118 Å². The molecule has 1 aromatic heterocycles. The summed E-state index contributed by atoms with van der Waals surface area (Å²) in [5.41, 5.74) is 0.604. The quantitative estimate of drug-likeness (QED) is 0.766. The Morgan fingerprint density at radius 3 is 2.40 bits per heavy atom. The molecule has 0 spiro atoms. The van der Waals surface area contributed by atoms with Gasteiger partial charge >= 0.3 is 12.0 Å². The van der Waals surface area contributed by atoms with Crippen LogP contribution < -0.4 is 10.6 Å². The van der Waals surface area contributed by atoms with Gasteiger partial charge in [-0.25, -0.2) is 4.79 Å². The number of aliphatic carboxylic acids is 1. The second-order valence-corrected chi connectivity index (χ2v) is 5.70. The molecule has 0 saturated heterocycles. The fourth-order valence-electron chi connectivity index (χ4n) is 1.64. The molecule has 6 nitrogen and oxygen atoms in total. The number of hydrogen-bond acceptors (Lipinski definition) is 3. The van der Waals surface area contributed by atoms with Crippen LogP contribution >= 0.6 is 0 Å². The maximum absolute atomic E-state index is 11.8. The summed E-state index contributed by atoms with van der Waals surface area (Å²) in [6.07, 6.45) is 3.20. The molecule has 0 aliphatic heterocycles. The molecule has 1 heterocycles. The molecule has 0 aliphatic rings. The minimum atomic E-state index is -0.931. The van der Waals surface area contributed by atoms with E-state index in [1.807, 2.05) is 20.8 Å². The van der Waals surface area contributed by atoms with Gasteiger partial charge in [0.25, 0.3) is 0 Å². The van der Waals surface area contributed by atoms with Crippen molar-refractivity contribution in [3.8, 4) is 0 Å². The first-order chi connectivity index (χ1) is 9.29. The lowest BCUT2D eigenvalue weighted by molar-refractivity contribution is -0.138. The van der Waals surface area contributed by atoms with Gasteiger partial charge in [-0.2, -0.15) is 0 Å². The number of carbonyl (C=O) groups excluding carboxylic acids is 1. The minimum absolute atomic E-state index is 0.105. The molecule has 0 aliphatic carbocycles. The zero-order valence-corrected chi connectivity index (χ0v) is 12.0. The number of carboxylic acid groups (broad SMARTS) is 1. The highest BCUT2D eigenvalue weighted by atomic mass is 16.4. The van der Waals surface area contributed by atoms with Crippen LogP contribution in [0.3, 0.4) is 0 Å². The van der Waals surface area contributed by atoms with E-state index in [0.29, 0.717) is 6.54 Å². The van der Waals surface area contributed by atoms with Crippen LogP contribution in [0.4, 0.5) is 4.79 Å². The summed E-state index contributed by atoms with van der Waals surface area (Å²) < 4.78 is 0. The number of amides is 2. The van der Waals surface area contributed by atoms with Crippen molar-refractivity contribution < 1.29 is 14.7 Å². The average molecular weight is 279 g/mol. The molecule has 0 fully saturated rings. The van der Waals surface area contributed by atoms with Gasteiger partial charge in [-0.1, -0.05) is 20.8 Å². The van der Waals surface area contributed by atoms with E-state index in [-0.39, 0.29) is 17.9 Å². The fraction of sp³-hybridized carbons (Fsp3) is 0.500. The van der Waals surface area contributed by atoms with Crippen molar-refractivity contribution in [2.24, 2.45) is 5.41 Å². The molecular formula is C14H21N3O3. The SMILES string of the molecule is CC(C)(C)C(CC(=O)O)NC(=O)NCc1ccncc1. The van der Waals surface area contributed by atoms with Crippen LogP contribution in [0, 0.1) is 5.41 Å². The lowest BCUT2D eigenvalue weighted by atomic mass is 9.85. The third-order valence-corrected chi connectivity index (χ3v) is 2.93. The molecule has 110 valence electrons. The Morgan fingerprint density at radius 2 is 1.90 bits per heavy atom. The molecule has 0 bridgehead atoms. The highest BCUT2D eigenvalue weighted by molar-refractivity contribution is 5.75. The predicted molar refractivity (Wildman–Crippen MR) is 75.1 cm³/mol. The van der Waals surface area contributed by atoms with E-state index >= 15 is 0 Å². The van der Waals surface area contributed by atoms with E-state index in [9.17, 15) is 9.59 Å². The molecular weight excluding hydrogens is 258 g/mol. The second kappa shape index (κ2) is 6.88. The topological polar surface area (TPSA) is 91.3 Å². The van der Waals surface area contributed by atoms with E-state index in [1.165, 1.54) is 0 Å². The van der Waals surface area contributed by atoms with Gasteiger partial charge in [-0.15, -0.1) is 0 Å². The van der Waals surface area contributed by atoms with Crippen LogP contribution in [-0.4, -0.2) is 28.1 Å². The number of nitrogens with zero attached hydrogens (tertiary/aromatic N) is 1. The molecule has 20 heavy (non-hydrogen) atoms. The Kier molecular flexibility index (Phi) is 5.49. The second-order valence-electron chi connectivity index (χ2n) is 5.70. The van der Waals surface area contributed by atoms with Crippen molar-refractivity contribution in [3.63, 3.8) is 0 Å². The number of pyridine rings is 1. The summed E-state index contributed by atoms with van der Waals surface area (Å²) in [6, 6.07) is 2.80. The van der Waals surface area contributed by atoms with Crippen molar-refractivity contribution in [1.29, 1.82) is 0 Å². The number of hydrogen-bond donors (Lipinski definition) is 3. The molecule has 6 heteroatoms. The molecule has 3 N–H and O–H groups in total. The van der Waals surface area contributed by atoms with Gasteiger partial charge in [0.15, 0.2) is 0 Å². The number of carboxylic acids is 1. The number of carbonyl (C=O) groups is 2. The molecule has 0 radical (unpaired) electrons. The first-order valence-electron chi connectivity index (χ1n) is 6.44. The zero-order valence-electron chi connectivity index (χ0n) is 12.0. The van der Waals surface area contributed by atoms with Crippen LogP contribution in [0.2, 0.25) is 0 Å². The molecule has 1 atom stereocenters. The summed E-state index contributed by atoms with van der Waals surface area (Å²) in [7, 11) is 0. The largest absolute Gasteiger partial charge is 0.481 e. The first-order valence-corrected chi connectivity index (χ1v) is 6.44. The highest BCUT2D eigenvalue weighted by Crippen LogP contribution is 2.21. The summed E-state index contributed by atoms with van der Waals surface area (Å²) in [5.74, 6) is -0.931. The Bertz CT molecular complexity index is 454. The van der Waals surface area contributed by atoms with Gasteiger partial charge in [-0.3, -0.25) is 9.78 Å². The zero-order chi connectivity index (χ0) is 15.2. The third kappa shape index (κ3) is 5.69. The Hall–Kier alpha value is -2.11. The van der Waals surface area contributed by atoms with Crippen molar-refractivity contribution in [1.82, 2.24) is 15.6 Å². The van der Waals surface area contributed by atoms with Gasteiger partial charge < -0.3 is 15.7 Å². The lowest BCUT2D eigenvalue weighted by Crippen LogP contribution is -2.48. The highest BCUT2D eigenvalue weighted by Gasteiger charge is 2.28.